The molecular weight excluding hydrogens is 427 g/mol. The number of Topliss-reactive ketones (excluding diaryl/α,β-unsaturated/α-hetero) is 1. The van der Waals surface area contributed by atoms with Gasteiger partial charge in [0.1, 0.15) is 16.6 Å². The van der Waals surface area contributed by atoms with Crippen LogP contribution < -0.4 is 4.90 Å². The second-order valence-electron chi connectivity index (χ2n) is 6.63. The number of aliphatic hydroxyl groups is 1. The van der Waals surface area contributed by atoms with Crippen molar-refractivity contribution in [3.63, 3.8) is 0 Å². The van der Waals surface area contributed by atoms with Crippen LogP contribution in [-0.4, -0.2) is 31.9 Å². The van der Waals surface area contributed by atoms with Gasteiger partial charge in [0.15, 0.2) is 0 Å². The van der Waals surface area contributed by atoms with Crippen LogP contribution in [0.4, 0.5) is 15.2 Å². The van der Waals surface area contributed by atoms with Crippen LogP contribution in [0, 0.1) is 22.9 Å². The van der Waals surface area contributed by atoms with Gasteiger partial charge in [-0.2, -0.15) is 0 Å². The summed E-state index contributed by atoms with van der Waals surface area (Å²) in [6.07, 6.45) is 0. The van der Waals surface area contributed by atoms with E-state index in [-0.39, 0.29) is 22.0 Å². The van der Waals surface area contributed by atoms with Gasteiger partial charge in [-0.3, -0.25) is 24.6 Å². The number of halogens is 1. The molecule has 2 heterocycles. The summed E-state index contributed by atoms with van der Waals surface area (Å²) in [7, 11) is 0. The molecule has 1 N–H and O–H groups in total. The quantitative estimate of drug-likeness (QED) is 0.216. The van der Waals surface area contributed by atoms with Gasteiger partial charge in [-0.05, 0) is 48.9 Å². The van der Waals surface area contributed by atoms with E-state index in [4.69, 9.17) is 0 Å². The summed E-state index contributed by atoms with van der Waals surface area (Å²) < 4.78 is 13.3. The van der Waals surface area contributed by atoms with E-state index in [1.165, 1.54) is 36.4 Å². The first-order chi connectivity index (χ1) is 14.8. The zero-order chi connectivity index (χ0) is 22.3. The Hall–Kier alpha value is -3.99. The predicted molar refractivity (Wildman–Crippen MR) is 109 cm³/mol. The molecule has 0 saturated carbocycles. The molecule has 1 aliphatic heterocycles. The summed E-state index contributed by atoms with van der Waals surface area (Å²) in [6.45, 7) is 1.68. The van der Waals surface area contributed by atoms with Crippen molar-refractivity contribution in [2.75, 3.05) is 4.90 Å². The minimum Gasteiger partial charge on any atom is -0.507 e. The first kappa shape index (κ1) is 20.3. The first-order valence-corrected chi connectivity index (χ1v) is 9.71. The van der Waals surface area contributed by atoms with Crippen LogP contribution in [0.1, 0.15) is 22.2 Å². The Kier molecular flexibility index (Phi) is 5.03. The van der Waals surface area contributed by atoms with E-state index < -0.39 is 34.2 Å². The van der Waals surface area contributed by atoms with E-state index in [2.05, 4.69) is 10.2 Å². The van der Waals surface area contributed by atoms with Gasteiger partial charge < -0.3 is 5.11 Å². The van der Waals surface area contributed by atoms with Crippen LogP contribution in [0.15, 0.2) is 54.1 Å². The van der Waals surface area contributed by atoms with E-state index >= 15 is 0 Å². The molecule has 1 aliphatic rings. The summed E-state index contributed by atoms with van der Waals surface area (Å²) in [5, 5.41) is 30.4. The highest BCUT2D eigenvalue weighted by Crippen LogP contribution is 2.43. The van der Waals surface area contributed by atoms with Crippen molar-refractivity contribution in [3.05, 3.63) is 86.2 Å². The Balaban J connectivity index is 1.92. The van der Waals surface area contributed by atoms with Gasteiger partial charge >= 0.3 is 5.91 Å². The molecule has 31 heavy (non-hydrogen) atoms. The average molecular weight is 440 g/mol. The number of anilines is 1. The number of amides is 1. The third-order valence-electron chi connectivity index (χ3n) is 4.70. The van der Waals surface area contributed by atoms with Gasteiger partial charge in [0, 0.05) is 17.7 Å². The number of aromatic nitrogens is 2. The number of hydrogen-bond acceptors (Lipinski definition) is 8. The molecule has 1 aromatic heterocycles. The fourth-order valence-corrected chi connectivity index (χ4v) is 3.98. The van der Waals surface area contributed by atoms with E-state index in [0.717, 1.165) is 28.4 Å². The Morgan fingerprint density at radius 2 is 1.77 bits per heavy atom. The van der Waals surface area contributed by atoms with Crippen molar-refractivity contribution in [1.29, 1.82) is 0 Å². The molecule has 1 saturated heterocycles. The van der Waals surface area contributed by atoms with E-state index in [9.17, 15) is 29.2 Å². The zero-order valence-electron chi connectivity index (χ0n) is 15.9. The maximum absolute atomic E-state index is 13.3. The summed E-state index contributed by atoms with van der Waals surface area (Å²) in [5.74, 6) is -2.92. The maximum atomic E-state index is 13.3. The molecule has 4 rings (SSSR count). The van der Waals surface area contributed by atoms with Gasteiger partial charge in [0.25, 0.3) is 11.5 Å². The minimum atomic E-state index is -1.10. The second-order valence-corrected chi connectivity index (χ2v) is 7.79. The lowest BCUT2D eigenvalue weighted by Crippen LogP contribution is -2.29. The van der Waals surface area contributed by atoms with Crippen molar-refractivity contribution in [2.45, 2.75) is 13.0 Å². The van der Waals surface area contributed by atoms with E-state index in [1.54, 1.807) is 6.92 Å². The summed E-state index contributed by atoms with van der Waals surface area (Å²) in [5.41, 5.74) is 0.0744. The van der Waals surface area contributed by atoms with Gasteiger partial charge in [-0.1, -0.05) is 11.3 Å². The van der Waals surface area contributed by atoms with Crippen LogP contribution >= 0.6 is 11.3 Å². The SMILES string of the molecule is Cc1nnc(N2C(=O)C(=O)C(=C(O)c3ccc(F)cc3)C2c2ccc([N+](=O)[O-])cc2)s1. The number of non-ortho nitro benzene ring substituents is 1. The lowest BCUT2D eigenvalue weighted by molar-refractivity contribution is -0.384. The van der Waals surface area contributed by atoms with Crippen LogP contribution in [0.3, 0.4) is 0 Å². The van der Waals surface area contributed by atoms with Gasteiger partial charge in [-0.15, -0.1) is 10.2 Å². The third kappa shape index (κ3) is 3.55. The Labute approximate surface area is 178 Å². The molecule has 0 radical (unpaired) electrons. The van der Waals surface area contributed by atoms with Gasteiger partial charge in [-0.25, -0.2) is 4.39 Å². The molecule has 1 atom stereocenters. The molecule has 0 spiro atoms. The Morgan fingerprint density at radius 1 is 1.13 bits per heavy atom. The highest BCUT2D eigenvalue weighted by Gasteiger charge is 2.48. The third-order valence-corrected chi connectivity index (χ3v) is 5.54. The standard InChI is InChI=1S/C20H13FN4O5S/c1-10-22-23-20(31-10)24-16(11-4-8-14(9-5-11)25(29)30)15(18(27)19(24)28)17(26)12-2-6-13(21)7-3-12/h2-9,16,26H,1H3. The predicted octanol–water partition coefficient (Wildman–Crippen LogP) is 3.52. The molecular formula is C20H13FN4O5S. The first-order valence-electron chi connectivity index (χ1n) is 8.89. The largest absolute Gasteiger partial charge is 0.507 e. The number of carbonyl (C=O) groups excluding carboxylic acids is 2. The number of benzene rings is 2. The van der Waals surface area contributed by atoms with E-state index in [1.807, 2.05) is 0 Å². The molecule has 9 nitrogen and oxygen atoms in total. The topological polar surface area (TPSA) is 127 Å². The fourth-order valence-electron chi connectivity index (χ4n) is 3.27. The number of rotatable bonds is 4. The van der Waals surface area contributed by atoms with Crippen molar-refractivity contribution < 1.29 is 24.0 Å². The van der Waals surface area contributed by atoms with Crippen molar-refractivity contribution in [2.24, 2.45) is 0 Å². The fraction of sp³-hybridized carbons (Fsp3) is 0.100. The maximum Gasteiger partial charge on any atom is 0.301 e. The molecule has 1 amide bonds. The summed E-state index contributed by atoms with van der Waals surface area (Å²) in [4.78, 5) is 37.3. The molecule has 0 aliphatic carbocycles. The molecule has 3 aromatic rings. The van der Waals surface area contributed by atoms with Crippen LogP contribution in [-0.2, 0) is 9.59 Å². The number of aryl methyl sites for hydroxylation is 1. The number of nitrogens with zero attached hydrogens (tertiary/aromatic N) is 4. The van der Waals surface area contributed by atoms with Crippen LogP contribution in [0.25, 0.3) is 5.76 Å². The number of nitro groups is 1. The van der Waals surface area contributed by atoms with Crippen molar-refractivity contribution >= 4 is 39.6 Å². The Bertz CT molecular complexity index is 1240. The molecule has 2 aromatic carbocycles. The summed E-state index contributed by atoms with van der Waals surface area (Å²) in [6, 6.07) is 8.94. The van der Waals surface area contributed by atoms with Crippen molar-refractivity contribution in [3.8, 4) is 0 Å². The lowest BCUT2D eigenvalue weighted by Gasteiger charge is -2.22. The summed E-state index contributed by atoms with van der Waals surface area (Å²) >= 11 is 1.08. The molecule has 1 fully saturated rings. The Morgan fingerprint density at radius 3 is 2.32 bits per heavy atom. The minimum absolute atomic E-state index is 0.139. The highest BCUT2D eigenvalue weighted by atomic mass is 32.1. The van der Waals surface area contributed by atoms with Crippen LogP contribution in [0.2, 0.25) is 0 Å². The van der Waals surface area contributed by atoms with Crippen LogP contribution in [0.5, 0.6) is 0 Å². The lowest BCUT2D eigenvalue weighted by atomic mass is 9.95. The molecule has 1 unspecified atom stereocenters. The average Bonchev–Trinajstić information content (AvgIpc) is 3.29. The van der Waals surface area contributed by atoms with Crippen molar-refractivity contribution in [1.82, 2.24) is 10.2 Å². The highest BCUT2D eigenvalue weighted by molar-refractivity contribution is 7.15. The second kappa shape index (κ2) is 7.69. The number of ketones is 1. The number of carbonyl (C=O) groups is 2. The molecule has 156 valence electrons. The van der Waals surface area contributed by atoms with Gasteiger partial charge in [0.2, 0.25) is 5.13 Å². The monoisotopic (exact) mass is 440 g/mol. The molecule has 11 heteroatoms. The normalized spacial score (nSPS) is 17.9. The molecule has 0 bridgehead atoms. The number of aliphatic hydroxyl groups excluding tert-OH is 1. The zero-order valence-corrected chi connectivity index (χ0v) is 16.7. The van der Waals surface area contributed by atoms with E-state index in [0.29, 0.717) is 10.6 Å². The number of nitro benzene ring substituents is 1. The van der Waals surface area contributed by atoms with Gasteiger partial charge in [0.05, 0.1) is 16.5 Å². The smallest absolute Gasteiger partial charge is 0.301 e. The number of hydrogen-bond donors (Lipinski definition) is 1.